The maximum Gasteiger partial charge on any atom is 0.130 e. The van der Waals surface area contributed by atoms with E-state index in [2.05, 4.69) is 39.9 Å². The van der Waals surface area contributed by atoms with Crippen molar-refractivity contribution in [3.05, 3.63) is 39.6 Å². The minimum absolute atomic E-state index is 0.0761. The first-order valence-corrected chi connectivity index (χ1v) is 12.9. The number of hydrogen-bond donors (Lipinski definition) is 4. The molecule has 32 heavy (non-hydrogen) atoms. The van der Waals surface area contributed by atoms with Gasteiger partial charge in [0, 0.05) is 53.6 Å². The molecule has 5 rings (SSSR count). The van der Waals surface area contributed by atoms with Crippen LogP contribution in [-0.4, -0.2) is 38.6 Å². The zero-order valence-corrected chi connectivity index (χ0v) is 20.4. The summed E-state index contributed by atoms with van der Waals surface area (Å²) < 4.78 is 0. The van der Waals surface area contributed by atoms with Crippen molar-refractivity contribution in [1.82, 2.24) is 16.0 Å². The molecule has 1 saturated carbocycles. The fourth-order valence-corrected chi connectivity index (χ4v) is 6.90. The molecule has 2 heterocycles. The smallest absolute Gasteiger partial charge is 0.130 e. The van der Waals surface area contributed by atoms with Gasteiger partial charge in [-0.1, -0.05) is 31.4 Å². The van der Waals surface area contributed by atoms with Crippen LogP contribution in [0.5, 0.6) is 0 Å². The van der Waals surface area contributed by atoms with Crippen LogP contribution in [0.4, 0.5) is 5.69 Å². The highest BCUT2D eigenvalue weighted by atomic mass is 35.5. The van der Waals surface area contributed by atoms with E-state index >= 15 is 0 Å². The lowest BCUT2D eigenvalue weighted by atomic mass is 9.73. The highest BCUT2D eigenvalue weighted by Crippen LogP contribution is 2.50. The Morgan fingerprint density at radius 3 is 2.69 bits per heavy atom. The summed E-state index contributed by atoms with van der Waals surface area (Å²) in [6, 6.07) is 4.86. The minimum atomic E-state index is 0.0761. The van der Waals surface area contributed by atoms with Gasteiger partial charge in [0.1, 0.15) is 5.84 Å². The number of nitrogens with zero attached hydrogens (tertiary/aromatic N) is 1. The van der Waals surface area contributed by atoms with Crippen LogP contribution in [0.1, 0.15) is 69.4 Å². The second-order valence-electron chi connectivity index (χ2n) is 10.3. The molecule has 2 aliphatic heterocycles. The average Bonchev–Trinajstić information content (AvgIpc) is 3.52. The Bertz CT molecular complexity index is 911. The van der Waals surface area contributed by atoms with Crippen LogP contribution >= 0.6 is 11.6 Å². The third-order valence-electron chi connectivity index (χ3n) is 8.47. The molecule has 1 aromatic carbocycles. The van der Waals surface area contributed by atoms with Crippen molar-refractivity contribution in [1.29, 1.82) is 5.41 Å². The number of amidine groups is 1. The van der Waals surface area contributed by atoms with Crippen LogP contribution < -0.4 is 20.9 Å². The van der Waals surface area contributed by atoms with E-state index in [-0.39, 0.29) is 5.41 Å². The summed E-state index contributed by atoms with van der Waals surface area (Å²) in [5.41, 5.74) is 6.42. The summed E-state index contributed by atoms with van der Waals surface area (Å²) in [6.07, 6.45) is 9.60. The van der Waals surface area contributed by atoms with Crippen LogP contribution in [0, 0.1) is 11.3 Å². The Labute approximate surface area is 197 Å². The van der Waals surface area contributed by atoms with Gasteiger partial charge in [-0.25, -0.2) is 0 Å². The number of rotatable bonds is 5. The molecular weight excluding hydrogens is 418 g/mol. The fourth-order valence-electron chi connectivity index (χ4n) is 6.67. The third kappa shape index (κ3) is 3.76. The van der Waals surface area contributed by atoms with Gasteiger partial charge >= 0.3 is 0 Å². The SMILES string of the molecule is CNC1=C(C(=N)N2CC3(CCNCC3)c3c2ccc(Cl)c3CNC2CCCC2)[C@H](C)CC1. The van der Waals surface area contributed by atoms with E-state index in [9.17, 15) is 5.41 Å². The maximum absolute atomic E-state index is 9.31. The van der Waals surface area contributed by atoms with Gasteiger partial charge in [-0.05, 0) is 80.8 Å². The highest BCUT2D eigenvalue weighted by molar-refractivity contribution is 6.31. The van der Waals surface area contributed by atoms with Gasteiger partial charge < -0.3 is 20.9 Å². The van der Waals surface area contributed by atoms with E-state index in [4.69, 9.17) is 11.6 Å². The number of hydrogen-bond acceptors (Lipinski definition) is 4. The van der Waals surface area contributed by atoms with Gasteiger partial charge in [-0.15, -0.1) is 0 Å². The third-order valence-corrected chi connectivity index (χ3v) is 8.83. The Morgan fingerprint density at radius 1 is 1.22 bits per heavy atom. The molecule has 6 heteroatoms. The maximum atomic E-state index is 9.31. The molecule has 4 N–H and O–H groups in total. The quantitative estimate of drug-likeness (QED) is 0.384. The molecule has 1 aromatic rings. The van der Waals surface area contributed by atoms with E-state index in [1.54, 1.807) is 0 Å². The summed E-state index contributed by atoms with van der Waals surface area (Å²) in [4.78, 5) is 2.31. The van der Waals surface area contributed by atoms with Crippen molar-refractivity contribution >= 4 is 23.1 Å². The van der Waals surface area contributed by atoms with E-state index in [1.165, 1.54) is 53.8 Å². The average molecular weight is 456 g/mol. The highest BCUT2D eigenvalue weighted by Gasteiger charge is 2.47. The summed E-state index contributed by atoms with van der Waals surface area (Å²) in [7, 11) is 2.00. The molecule has 1 spiro atoms. The van der Waals surface area contributed by atoms with Crippen LogP contribution in [0.25, 0.3) is 0 Å². The molecule has 1 saturated heterocycles. The topological polar surface area (TPSA) is 63.2 Å². The van der Waals surface area contributed by atoms with Gasteiger partial charge in [-0.2, -0.15) is 0 Å². The number of anilines is 1. The second-order valence-corrected chi connectivity index (χ2v) is 10.7. The zero-order valence-electron chi connectivity index (χ0n) is 19.6. The first-order valence-electron chi connectivity index (χ1n) is 12.6. The molecule has 2 aliphatic carbocycles. The molecule has 0 unspecified atom stereocenters. The Balaban J connectivity index is 1.54. The minimum Gasteiger partial charge on any atom is -0.391 e. The van der Waals surface area contributed by atoms with Gasteiger partial charge in [0.2, 0.25) is 0 Å². The summed E-state index contributed by atoms with van der Waals surface area (Å²) in [5, 5.41) is 21.0. The molecule has 0 amide bonds. The molecule has 1 atom stereocenters. The van der Waals surface area contributed by atoms with Crippen LogP contribution in [0.2, 0.25) is 5.02 Å². The number of piperidine rings is 1. The lowest BCUT2D eigenvalue weighted by Gasteiger charge is -2.36. The van der Waals surface area contributed by atoms with E-state index < -0.39 is 0 Å². The van der Waals surface area contributed by atoms with Crippen molar-refractivity contribution in [2.75, 3.05) is 31.6 Å². The van der Waals surface area contributed by atoms with E-state index in [0.717, 1.165) is 56.9 Å². The molecule has 174 valence electrons. The lowest BCUT2D eigenvalue weighted by molar-refractivity contribution is 0.327. The predicted octanol–water partition coefficient (Wildman–Crippen LogP) is 4.69. The molecule has 4 aliphatic rings. The van der Waals surface area contributed by atoms with Crippen molar-refractivity contribution in [3.8, 4) is 0 Å². The van der Waals surface area contributed by atoms with Gasteiger partial charge in [0.15, 0.2) is 0 Å². The van der Waals surface area contributed by atoms with E-state index in [1.807, 2.05) is 7.05 Å². The van der Waals surface area contributed by atoms with Crippen molar-refractivity contribution < 1.29 is 0 Å². The first kappa shape index (κ1) is 22.2. The number of allylic oxidation sites excluding steroid dienone is 1. The Morgan fingerprint density at radius 2 is 1.97 bits per heavy atom. The Kier molecular flexibility index (Phi) is 6.26. The first-order chi connectivity index (χ1) is 15.5. The predicted molar refractivity (Wildman–Crippen MR) is 134 cm³/mol. The van der Waals surface area contributed by atoms with Gasteiger partial charge in [0.25, 0.3) is 0 Å². The normalized spacial score (nSPS) is 25.1. The molecule has 0 radical (unpaired) electrons. The van der Waals surface area contributed by atoms with Crippen molar-refractivity contribution in [2.45, 2.75) is 76.3 Å². The molecule has 5 nitrogen and oxygen atoms in total. The number of nitrogens with one attached hydrogen (secondary N) is 4. The molecular formula is C26H38ClN5. The number of halogens is 1. The summed E-state index contributed by atoms with van der Waals surface area (Å²) in [6.45, 7) is 6.06. The van der Waals surface area contributed by atoms with Crippen LogP contribution in [0.15, 0.2) is 23.4 Å². The number of fused-ring (bicyclic) bond motifs is 2. The van der Waals surface area contributed by atoms with E-state index in [0.29, 0.717) is 17.8 Å². The van der Waals surface area contributed by atoms with Crippen molar-refractivity contribution in [3.63, 3.8) is 0 Å². The summed E-state index contributed by atoms with van der Waals surface area (Å²) in [5.74, 6) is 1.11. The second kappa shape index (κ2) is 9.00. The molecule has 0 aromatic heterocycles. The lowest BCUT2D eigenvalue weighted by Crippen LogP contribution is -2.45. The summed E-state index contributed by atoms with van der Waals surface area (Å²) >= 11 is 6.87. The molecule has 2 fully saturated rings. The zero-order chi connectivity index (χ0) is 22.3. The Hall–Kier alpha value is -1.56. The van der Waals surface area contributed by atoms with Crippen LogP contribution in [-0.2, 0) is 12.0 Å². The largest absolute Gasteiger partial charge is 0.391 e. The monoisotopic (exact) mass is 455 g/mol. The fraction of sp³-hybridized carbons (Fsp3) is 0.654. The number of benzene rings is 1. The standard InChI is InChI=1S/C26H38ClN5/c1-17-7-9-21(29-2)23(17)25(28)32-16-26(11-13-30-14-12-26)24-19(20(27)8-10-22(24)32)15-31-18-5-3-4-6-18/h8,10,17-18,28-31H,3-7,9,11-16H2,1-2H3/t17-/m1/s1. The van der Waals surface area contributed by atoms with Gasteiger partial charge in [0.05, 0.1) is 0 Å². The van der Waals surface area contributed by atoms with Crippen LogP contribution in [0.3, 0.4) is 0 Å². The molecule has 0 bridgehead atoms. The van der Waals surface area contributed by atoms with Crippen molar-refractivity contribution in [2.24, 2.45) is 5.92 Å². The van der Waals surface area contributed by atoms with Gasteiger partial charge in [-0.3, -0.25) is 5.41 Å².